The first-order chi connectivity index (χ1) is 9.53. The molecule has 0 aliphatic heterocycles. The van der Waals surface area contributed by atoms with E-state index in [0.29, 0.717) is 12.1 Å². The van der Waals surface area contributed by atoms with Gasteiger partial charge in [-0.25, -0.2) is 0 Å². The minimum absolute atomic E-state index is 0.177. The normalized spacial score (nSPS) is 13.8. The molecular formula is C14H19N5O. The third-order valence-corrected chi connectivity index (χ3v) is 3.06. The fraction of sp³-hybridized carbons (Fsp3) is 0.357. The molecular weight excluding hydrogens is 254 g/mol. The molecule has 1 heterocycles. The molecule has 20 heavy (non-hydrogen) atoms. The molecule has 106 valence electrons. The quantitative estimate of drug-likeness (QED) is 0.868. The van der Waals surface area contributed by atoms with Gasteiger partial charge >= 0.3 is 0 Å². The van der Waals surface area contributed by atoms with E-state index in [9.17, 15) is 4.79 Å². The lowest BCUT2D eigenvalue weighted by molar-refractivity contribution is -0.120. The highest BCUT2D eigenvalue weighted by molar-refractivity contribution is 5.97. The van der Waals surface area contributed by atoms with Gasteiger partial charge in [-0.2, -0.15) is 15.0 Å². The number of hydrogen-bond donors (Lipinski definition) is 2. The summed E-state index contributed by atoms with van der Waals surface area (Å²) in [4.78, 5) is 13.6. The third kappa shape index (κ3) is 3.21. The van der Waals surface area contributed by atoms with Crippen molar-refractivity contribution in [1.82, 2.24) is 15.0 Å². The number of carbonyl (C=O) groups excluding carboxylic acids is 1. The maximum atomic E-state index is 12.1. The second-order valence-corrected chi connectivity index (χ2v) is 4.99. The Labute approximate surface area is 118 Å². The molecule has 3 N–H and O–H groups in total. The van der Waals surface area contributed by atoms with Gasteiger partial charge in [-0.3, -0.25) is 4.79 Å². The Morgan fingerprint density at radius 3 is 2.45 bits per heavy atom. The van der Waals surface area contributed by atoms with Crippen molar-refractivity contribution in [3.8, 4) is 5.69 Å². The van der Waals surface area contributed by atoms with Crippen molar-refractivity contribution in [2.24, 2.45) is 5.73 Å². The SMILES string of the molecule is CCCC(C)(N)C(=O)Nc1ccc(-n2nccn2)cc1. The fourth-order valence-corrected chi connectivity index (χ4v) is 1.93. The number of anilines is 1. The van der Waals surface area contributed by atoms with Crippen molar-refractivity contribution in [3.63, 3.8) is 0 Å². The fourth-order valence-electron chi connectivity index (χ4n) is 1.93. The van der Waals surface area contributed by atoms with Gasteiger partial charge in [0.15, 0.2) is 0 Å². The molecule has 0 bridgehead atoms. The number of hydrogen-bond acceptors (Lipinski definition) is 4. The number of nitrogens with two attached hydrogens (primary N) is 1. The van der Waals surface area contributed by atoms with E-state index in [-0.39, 0.29) is 5.91 Å². The molecule has 0 spiro atoms. The van der Waals surface area contributed by atoms with Gasteiger partial charge in [-0.05, 0) is 37.6 Å². The number of nitrogens with one attached hydrogen (secondary N) is 1. The smallest absolute Gasteiger partial charge is 0.244 e. The van der Waals surface area contributed by atoms with Crippen LogP contribution in [-0.4, -0.2) is 26.4 Å². The summed E-state index contributed by atoms with van der Waals surface area (Å²) in [6.45, 7) is 3.75. The molecule has 1 aromatic heterocycles. The minimum Gasteiger partial charge on any atom is -0.325 e. The number of amides is 1. The van der Waals surface area contributed by atoms with E-state index in [1.54, 1.807) is 31.5 Å². The average Bonchev–Trinajstić information content (AvgIpc) is 2.93. The van der Waals surface area contributed by atoms with Gasteiger partial charge < -0.3 is 11.1 Å². The molecule has 0 radical (unpaired) electrons. The highest BCUT2D eigenvalue weighted by Gasteiger charge is 2.27. The second kappa shape index (κ2) is 5.83. The Morgan fingerprint density at radius 1 is 1.30 bits per heavy atom. The van der Waals surface area contributed by atoms with Crippen LogP contribution in [-0.2, 0) is 4.79 Å². The summed E-state index contributed by atoms with van der Waals surface area (Å²) in [5.41, 5.74) is 6.68. The van der Waals surface area contributed by atoms with Crippen LogP contribution in [0.2, 0.25) is 0 Å². The largest absolute Gasteiger partial charge is 0.325 e. The number of rotatable bonds is 5. The molecule has 0 fully saturated rings. The molecule has 6 nitrogen and oxygen atoms in total. The van der Waals surface area contributed by atoms with Gasteiger partial charge in [0.2, 0.25) is 5.91 Å². The summed E-state index contributed by atoms with van der Waals surface area (Å²) in [7, 11) is 0. The molecule has 0 aliphatic rings. The summed E-state index contributed by atoms with van der Waals surface area (Å²) < 4.78 is 0. The molecule has 2 rings (SSSR count). The maximum absolute atomic E-state index is 12.1. The zero-order valence-corrected chi connectivity index (χ0v) is 11.7. The van der Waals surface area contributed by atoms with Crippen molar-refractivity contribution in [3.05, 3.63) is 36.7 Å². The van der Waals surface area contributed by atoms with Crippen molar-refractivity contribution in [2.75, 3.05) is 5.32 Å². The first-order valence-corrected chi connectivity index (χ1v) is 6.60. The number of benzene rings is 1. The summed E-state index contributed by atoms with van der Waals surface area (Å²) in [5.74, 6) is -0.177. The van der Waals surface area contributed by atoms with E-state index in [1.165, 1.54) is 4.80 Å². The molecule has 0 aliphatic carbocycles. The van der Waals surface area contributed by atoms with Gasteiger partial charge in [0.05, 0.1) is 23.6 Å². The molecule has 1 atom stereocenters. The van der Waals surface area contributed by atoms with E-state index in [4.69, 9.17) is 5.73 Å². The Balaban J connectivity index is 2.06. The summed E-state index contributed by atoms with van der Waals surface area (Å²) in [6, 6.07) is 7.28. The molecule has 0 saturated heterocycles. The summed E-state index contributed by atoms with van der Waals surface area (Å²) in [5, 5.41) is 10.9. The predicted octanol–water partition coefficient (Wildman–Crippen LogP) is 1.72. The van der Waals surface area contributed by atoms with Crippen LogP contribution in [0, 0.1) is 0 Å². The number of carbonyl (C=O) groups is 1. The van der Waals surface area contributed by atoms with Crippen molar-refractivity contribution in [2.45, 2.75) is 32.2 Å². The highest BCUT2D eigenvalue weighted by Crippen LogP contribution is 2.15. The van der Waals surface area contributed by atoms with Gasteiger partial charge in [0.25, 0.3) is 0 Å². The molecule has 1 unspecified atom stereocenters. The lowest BCUT2D eigenvalue weighted by Gasteiger charge is -2.22. The average molecular weight is 273 g/mol. The van der Waals surface area contributed by atoms with Crippen LogP contribution in [0.5, 0.6) is 0 Å². The van der Waals surface area contributed by atoms with Crippen molar-refractivity contribution >= 4 is 11.6 Å². The van der Waals surface area contributed by atoms with Crippen LogP contribution < -0.4 is 11.1 Å². The Hall–Kier alpha value is -2.21. The maximum Gasteiger partial charge on any atom is 0.244 e. The van der Waals surface area contributed by atoms with Gasteiger partial charge in [0.1, 0.15) is 0 Å². The standard InChI is InChI=1S/C14H19N5O/c1-3-8-14(2,15)13(20)18-11-4-6-12(7-5-11)19-16-9-10-17-19/h4-7,9-10H,3,8,15H2,1-2H3,(H,18,20). The van der Waals surface area contributed by atoms with E-state index < -0.39 is 5.54 Å². The van der Waals surface area contributed by atoms with E-state index in [0.717, 1.165) is 12.1 Å². The minimum atomic E-state index is -0.850. The zero-order chi connectivity index (χ0) is 14.6. The zero-order valence-electron chi connectivity index (χ0n) is 11.7. The number of aromatic nitrogens is 3. The molecule has 2 aromatic rings. The Kier molecular flexibility index (Phi) is 4.14. The summed E-state index contributed by atoms with van der Waals surface area (Å²) in [6.07, 6.45) is 4.74. The van der Waals surface area contributed by atoms with Crippen LogP contribution in [0.25, 0.3) is 5.69 Å². The Bertz CT molecular complexity index is 560. The monoisotopic (exact) mass is 273 g/mol. The Morgan fingerprint density at radius 2 is 1.90 bits per heavy atom. The van der Waals surface area contributed by atoms with E-state index >= 15 is 0 Å². The van der Waals surface area contributed by atoms with E-state index in [2.05, 4.69) is 15.5 Å². The first kappa shape index (κ1) is 14.2. The van der Waals surface area contributed by atoms with Gasteiger partial charge in [-0.15, -0.1) is 0 Å². The molecule has 6 heteroatoms. The predicted molar refractivity (Wildman–Crippen MR) is 77.5 cm³/mol. The highest BCUT2D eigenvalue weighted by atomic mass is 16.2. The van der Waals surface area contributed by atoms with Crippen LogP contribution in [0.15, 0.2) is 36.7 Å². The van der Waals surface area contributed by atoms with E-state index in [1.807, 2.05) is 19.1 Å². The summed E-state index contributed by atoms with van der Waals surface area (Å²) >= 11 is 0. The lowest BCUT2D eigenvalue weighted by atomic mass is 9.96. The molecule has 1 aromatic carbocycles. The van der Waals surface area contributed by atoms with Gasteiger partial charge in [-0.1, -0.05) is 13.3 Å². The molecule has 1 amide bonds. The van der Waals surface area contributed by atoms with Gasteiger partial charge in [0, 0.05) is 5.69 Å². The van der Waals surface area contributed by atoms with Crippen LogP contribution in [0.4, 0.5) is 5.69 Å². The topological polar surface area (TPSA) is 85.8 Å². The van der Waals surface area contributed by atoms with Crippen molar-refractivity contribution in [1.29, 1.82) is 0 Å². The van der Waals surface area contributed by atoms with Crippen LogP contribution in [0.3, 0.4) is 0 Å². The van der Waals surface area contributed by atoms with Crippen LogP contribution >= 0.6 is 0 Å². The van der Waals surface area contributed by atoms with Crippen molar-refractivity contribution < 1.29 is 4.79 Å². The lowest BCUT2D eigenvalue weighted by Crippen LogP contribution is -2.48. The third-order valence-electron chi connectivity index (χ3n) is 3.06. The second-order valence-electron chi connectivity index (χ2n) is 4.99. The first-order valence-electron chi connectivity index (χ1n) is 6.60. The van der Waals surface area contributed by atoms with Crippen LogP contribution in [0.1, 0.15) is 26.7 Å². The molecule has 0 saturated carbocycles. The number of nitrogens with zero attached hydrogens (tertiary/aromatic N) is 3.